The summed E-state index contributed by atoms with van der Waals surface area (Å²) in [6.07, 6.45) is 4.73. The van der Waals surface area contributed by atoms with Crippen molar-refractivity contribution in [3.8, 4) is 0 Å². The van der Waals surface area contributed by atoms with Crippen LogP contribution in [-0.2, 0) is 27.5 Å². The van der Waals surface area contributed by atoms with Crippen LogP contribution in [0.2, 0.25) is 0 Å². The third kappa shape index (κ3) is 1.81. The van der Waals surface area contributed by atoms with Crippen LogP contribution >= 0.6 is 0 Å². The Kier molecular flexibility index (Phi) is 3.35. The van der Waals surface area contributed by atoms with Gasteiger partial charge in [0.1, 0.15) is 0 Å². The van der Waals surface area contributed by atoms with E-state index in [2.05, 4.69) is 17.1 Å². The van der Waals surface area contributed by atoms with Crippen molar-refractivity contribution < 1.29 is 25.9 Å². The first-order valence-corrected chi connectivity index (χ1v) is 5.49. The van der Waals surface area contributed by atoms with E-state index in [-0.39, 0.29) is 26.8 Å². The minimum Gasteiger partial charge on any atom is -0.400 e. The summed E-state index contributed by atoms with van der Waals surface area (Å²) in [5.74, 6) is 0.111. The van der Waals surface area contributed by atoms with Crippen molar-refractivity contribution in [3.63, 3.8) is 0 Å². The Hall–Kier alpha value is -1.14. The maximum atomic E-state index is 12.1. The fraction of sp³-hybridized carbons (Fsp3) is 0.214. The van der Waals surface area contributed by atoms with Crippen LogP contribution < -0.4 is 0 Å². The molecule has 0 spiro atoms. The average Bonchev–Trinajstić information content (AvgIpc) is 2.69. The van der Waals surface area contributed by atoms with Crippen LogP contribution in [0.1, 0.15) is 29.4 Å². The second-order valence-corrected chi connectivity index (χ2v) is 4.08. The number of aryl methyl sites for hydroxylation is 1. The van der Waals surface area contributed by atoms with Crippen molar-refractivity contribution >= 4 is 16.7 Å². The summed E-state index contributed by atoms with van der Waals surface area (Å²) in [5, 5.41) is 1.18. The summed E-state index contributed by atoms with van der Waals surface area (Å²) in [7, 11) is 0. The minimum atomic E-state index is 0. The second-order valence-electron chi connectivity index (χ2n) is 4.08. The van der Waals surface area contributed by atoms with E-state index in [1.807, 2.05) is 18.2 Å². The molecule has 1 aliphatic carbocycles. The van der Waals surface area contributed by atoms with Crippen LogP contribution in [0.5, 0.6) is 0 Å². The molecule has 1 N–H and O–H groups in total. The van der Waals surface area contributed by atoms with Crippen molar-refractivity contribution in [2.45, 2.75) is 19.8 Å². The molecule has 0 saturated heterocycles. The summed E-state index contributed by atoms with van der Waals surface area (Å²) < 4.78 is 0. The number of nitrogens with one attached hydrogen (secondary N) is 1. The Morgan fingerprint density at radius 2 is 2.00 bits per heavy atom. The van der Waals surface area contributed by atoms with E-state index in [9.17, 15) is 4.79 Å². The monoisotopic (exact) mass is 394 g/mol. The standard InChI is InChI=1S/C14H12NO.W/c1-2-9-7-8-11-10-5-3-4-6-12(10)15-13(11)14(9)16;/h3-6,15H,7-8H2,1H3;/q-1;. The maximum Gasteiger partial charge on any atom is 0.0480 e. The van der Waals surface area contributed by atoms with Gasteiger partial charge in [0.15, 0.2) is 0 Å². The van der Waals surface area contributed by atoms with E-state index < -0.39 is 0 Å². The average molecular weight is 394 g/mol. The van der Waals surface area contributed by atoms with Crippen LogP contribution in [0.15, 0.2) is 29.8 Å². The molecule has 0 saturated carbocycles. The number of Topliss-reactive ketones (excluding diaryl/α,β-unsaturated/α-hetero) is 1. The Morgan fingerprint density at radius 3 is 2.76 bits per heavy atom. The Morgan fingerprint density at radius 1 is 1.24 bits per heavy atom. The van der Waals surface area contributed by atoms with Gasteiger partial charge in [-0.1, -0.05) is 24.6 Å². The second kappa shape index (κ2) is 4.62. The summed E-state index contributed by atoms with van der Waals surface area (Å²) in [4.78, 5) is 15.3. The number of benzene rings is 1. The summed E-state index contributed by atoms with van der Waals surface area (Å²) in [6.45, 7) is 1.81. The number of carbonyl (C=O) groups is 1. The molecule has 0 radical (unpaired) electrons. The van der Waals surface area contributed by atoms with E-state index in [4.69, 9.17) is 0 Å². The Bertz CT molecular complexity index is 610. The number of aromatic nitrogens is 1. The topological polar surface area (TPSA) is 32.9 Å². The Labute approximate surface area is 114 Å². The molecule has 2 nitrogen and oxygen atoms in total. The molecule has 0 aliphatic heterocycles. The molecule has 2 aromatic rings. The van der Waals surface area contributed by atoms with E-state index in [0.29, 0.717) is 0 Å². The molecular weight excluding hydrogens is 382 g/mol. The van der Waals surface area contributed by atoms with Gasteiger partial charge in [-0.25, -0.2) is 0 Å². The van der Waals surface area contributed by atoms with Crippen LogP contribution in [-0.4, -0.2) is 10.8 Å². The maximum absolute atomic E-state index is 12.1. The van der Waals surface area contributed by atoms with Crippen LogP contribution in [0.4, 0.5) is 0 Å². The molecule has 3 rings (SSSR count). The van der Waals surface area contributed by atoms with Gasteiger partial charge in [-0.05, 0) is 18.1 Å². The summed E-state index contributed by atoms with van der Waals surface area (Å²) in [5.41, 5.74) is 3.79. The van der Waals surface area contributed by atoms with Gasteiger partial charge in [0.05, 0.1) is 0 Å². The van der Waals surface area contributed by atoms with Crippen molar-refractivity contribution in [1.82, 2.24) is 4.98 Å². The number of fused-ring (bicyclic) bond motifs is 3. The number of rotatable bonds is 0. The summed E-state index contributed by atoms with van der Waals surface area (Å²) >= 11 is 0. The van der Waals surface area contributed by atoms with Gasteiger partial charge >= 0.3 is 0 Å². The molecule has 86 valence electrons. The number of H-pyrrole nitrogens is 1. The van der Waals surface area contributed by atoms with E-state index >= 15 is 0 Å². The molecule has 0 bridgehead atoms. The van der Waals surface area contributed by atoms with E-state index in [1.54, 1.807) is 6.92 Å². The molecule has 1 heterocycles. The predicted molar refractivity (Wildman–Crippen MR) is 63.4 cm³/mol. The van der Waals surface area contributed by atoms with Gasteiger partial charge < -0.3 is 9.78 Å². The number of aromatic amines is 1. The smallest absolute Gasteiger partial charge is 0.0480 e. The minimum absolute atomic E-state index is 0. The number of hydrogen-bond donors (Lipinski definition) is 1. The fourth-order valence-electron chi connectivity index (χ4n) is 2.41. The molecule has 0 fully saturated rings. The first-order chi connectivity index (χ1) is 7.81. The van der Waals surface area contributed by atoms with Gasteiger partial charge in [-0.15, -0.1) is 6.92 Å². The SMILES string of the molecule is C[C-]=C1CCc2c([nH]c3ccccc23)C1=O.[W]. The number of para-hydroxylation sites is 1. The van der Waals surface area contributed by atoms with Crippen LogP contribution in [0.25, 0.3) is 10.9 Å². The van der Waals surface area contributed by atoms with Crippen molar-refractivity contribution in [3.05, 3.63) is 47.2 Å². The quantitative estimate of drug-likeness (QED) is 0.541. The number of allylic oxidation sites excluding steroid dienone is 2. The first-order valence-electron chi connectivity index (χ1n) is 5.49. The Balaban J connectivity index is 0.00000108. The first kappa shape index (κ1) is 12.3. The molecule has 1 aliphatic rings. The molecular formula is C14H12NOW-. The molecule has 1 aromatic heterocycles. The molecule has 0 atom stereocenters. The predicted octanol–water partition coefficient (Wildman–Crippen LogP) is 3.04. The summed E-state index contributed by atoms with van der Waals surface area (Å²) in [6, 6.07) is 8.08. The molecule has 1 aromatic carbocycles. The fourth-order valence-corrected chi connectivity index (χ4v) is 2.41. The van der Waals surface area contributed by atoms with Crippen LogP contribution in [0, 0.1) is 6.08 Å². The number of carbonyl (C=O) groups excluding carboxylic acids is 1. The zero-order chi connectivity index (χ0) is 11.1. The van der Waals surface area contributed by atoms with Crippen molar-refractivity contribution in [2.24, 2.45) is 0 Å². The largest absolute Gasteiger partial charge is 0.400 e. The van der Waals surface area contributed by atoms with Gasteiger partial charge in [0, 0.05) is 43.4 Å². The third-order valence-electron chi connectivity index (χ3n) is 3.24. The zero-order valence-corrected chi connectivity index (χ0v) is 12.5. The normalized spacial score (nSPS) is 17.0. The molecule has 17 heavy (non-hydrogen) atoms. The molecule has 0 unspecified atom stereocenters. The number of ketones is 1. The van der Waals surface area contributed by atoms with E-state index in [1.165, 1.54) is 10.9 Å². The number of hydrogen-bond acceptors (Lipinski definition) is 1. The third-order valence-corrected chi connectivity index (χ3v) is 3.24. The molecule has 3 heteroatoms. The van der Waals surface area contributed by atoms with Gasteiger partial charge in [-0.3, -0.25) is 6.08 Å². The van der Waals surface area contributed by atoms with Gasteiger partial charge in [0.25, 0.3) is 0 Å². The van der Waals surface area contributed by atoms with Gasteiger partial charge in [-0.2, -0.15) is 5.57 Å². The van der Waals surface area contributed by atoms with Crippen LogP contribution in [0.3, 0.4) is 0 Å². The van der Waals surface area contributed by atoms with Crippen molar-refractivity contribution in [2.75, 3.05) is 0 Å². The molecule has 0 amide bonds. The zero-order valence-electron chi connectivity index (χ0n) is 9.54. The van der Waals surface area contributed by atoms with E-state index in [0.717, 1.165) is 29.6 Å². The van der Waals surface area contributed by atoms with Gasteiger partial charge in [0.2, 0.25) is 0 Å². The van der Waals surface area contributed by atoms with Crippen molar-refractivity contribution in [1.29, 1.82) is 0 Å².